The minimum atomic E-state index is -0.859. The van der Waals surface area contributed by atoms with Crippen molar-refractivity contribution in [2.24, 2.45) is 0 Å². The number of carboxylic acids is 1. The first-order valence-electron chi connectivity index (χ1n) is 16.0. The van der Waals surface area contributed by atoms with Crippen LogP contribution in [0.1, 0.15) is 55.0 Å². The third-order valence-electron chi connectivity index (χ3n) is 9.52. The van der Waals surface area contributed by atoms with Crippen LogP contribution in [0.25, 0.3) is 0 Å². The highest BCUT2D eigenvalue weighted by molar-refractivity contribution is 6.04. The highest BCUT2D eigenvalue weighted by atomic mass is 16.5. The Bertz CT molecular complexity index is 1870. The summed E-state index contributed by atoms with van der Waals surface area (Å²) in [4.78, 5) is 24.8. The molecule has 1 N–H and O–H groups in total. The number of carbonyl (C=O) groups is 2. The van der Waals surface area contributed by atoms with Crippen LogP contribution in [-0.4, -0.2) is 47.5 Å². The quantitative estimate of drug-likeness (QED) is 0.0748. The molecule has 0 fully saturated rings. The van der Waals surface area contributed by atoms with Gasteiger partial charge in [-0.1, -0.05) is 67.9 Å². The summed E-state index contributed by atoms with van der Waals surface area (Å²) < 4.78 is 7.15. The lowest BCUT2D eigenvalue weighted by molar-refractivity contribution is -0.436. The van der Waals surface area contributed by atoms with Crippen LogP contribution in [0.5, 0.6) is 0 Å². The summed E-state index contributed by atoms with van der Waals surface area (Å²) in [6.45, 7) is 12.2. The number of rotatable bonds is 12. The highest BCUT2D eigenvalue weighted by Crippen LogP contribution is 2.47. The Morgan fingerprint density at radius 2 is 1.79 bits per heavy atom. The first-order chi connectivity index (χ1) is 22.5. The van der Waals surface area contributed by atoms with Crippen molar-refractivity contribution in [3.05, 3.63) is 130 Å². The number of hydrogen-bond donors (Lipinski definition) is 1. The predicted octanol–water partition coefficient (Wildman–Crippen LogP) is 7.24. The standard InChI is InChI=1S/C40H41N3O4/c1-28-14-17-35-33(24-28)40(5,25-31-11-7-6-10-29(31)2)37(42(35)21-20-38(45)46)19-16-30(26-41)15-18-36-39(3,4)32-12-8-9-13-34(32)43(36)22-23-47-27-44/h6-19,24,27H,20-23,25H2,1-5H3/p+1. The van der Waals surface area contributed by atoms with Crippen molar-refractivity contribution in [2.45, 2.75) is 58.3 Å². The van der Waals surface area contributed by atoms with Crippen molar-refractivity contribution in [1.82, 2.24) is 0 Å². The second-order valence-electron chi connectivity index (χ2n) is 13.0. The number of benzene rings is 3. The first-order valence-corrected chi connectivity index (χ1v) is 16.0. The number of anilines is 1. The van der Waals surface area contributed by atoms with Gasteiger partial charge in [0.05, 0.1) is 23.6 Å². The number of nitriles is 1. The predicted molar refractivity (Wildman–Crippen MR) is 185 cm³/mol. The topological polar surface area (TPSA) is 93.6 Å². The monoisotopic (exact) mass is 628 g/mol. The Hall–Kier alpha value is -5.22. The van der Waals surface area contributed by atoms with E-state index in [1.165, 1.54) is 11.1 Å². The van der Waals surface area contributed by atoms with Crippen LogP contribution in [0, 0.1) is 25.2 Å². The average Bonchev–Trinajstić information content (AvgIpc) is 3.40. The molecule has 1 atom stereocenters. The Kier molecular flexibility index (Phi) is 9.62. The summed E-state index contributed by atoms with van der Waals surface area (Å²) in [6.07, 6.45) is 8.35. The Labute approximate surface area is 277 Å². The number of nitrogens with zero attached hydrogens (tertiary/aromatic N) is 3. The van der Waals surface area contributed by atoms with Gasteiger partial charge in [0.2, 0.25) is 5.69 Å². The fourth-order valence-electron chi connectivity index (χ4n) is 7.03. The van der Waals surface area contributed by atoms with Gasteiger partial charge in [0.25, 0.3) is 6.47 Å². The number of aryl methyl sites for hydroxylation is 2. The van der Waals surface area contributed by atoms with Crippen LogP contribution < -0.4 is 4.90 Å². The molecule has 0 saturated heterocycles. The van der Waals surface area contributed by atoms with Gasteiger partial charge < -0.3 is 14.7 Å². The summed E-state index contributed by atoms with van der Waals surface area (Å²) in [6, 6.07) is 25.2. The molecule has 0 radical (unpaired) electrons. The number of ether oxygens (including phenoxy) is 1. The average molecular weight is 629 g/mol. The molecule has 3 aromatic carbocycles. The van der Waals surface area contributed by atoms with Gasteiger partial charge >= 0.3 is 5.97 Å². The van der Waals surface area contributed by atoms with E-state index in [-0.39, 0.29) is 18.4 Å². The van der Waals surface area contributed by atoms with E-state index in [0.29, 0.717) is 25.1 Å². The van der Waals surface area contributed by atoms with Gasteiger partial charge in [-0.15, -0.1) is 0 Å². The van der Waals surface area contributed by atoms with Crippen molar-refractivity contribution in [1.29, 1.82) is 5.26 Å². The molecule has 1 unspecified atom stereocenters. The van der Waals surface area contributed by atoms with Crippen LogP contribution in [0.4, 0.5) is 11.4 Å². The Morgan fingerprint density at radius 3 is 2.51 bits per heavy atom. The van der Waals surface area contributed by atoms with Crippen LogP contribution in [-0.2, 0) is 31.6 Å². The van der Waals surface area contributed by atoms with Crippen molar-refractivity contribution in [3.63, 3.8) is 0 Å². The van der Waals surface area contributed by atoms with E-state index in [2.05, 4.69) is 98.7 Å². The van der Waals surface area contributed by atoms with Crippen molar-refractivity contribution >= 4 is 29.5 Å². The van der Waals surface area contributed by atoms with Gasteiger partial charge in [0.15, 0.2) is 12.3 Å². The molecule has 0 saturated carbocycles. The summed E-state index contributed by atoms with van der Waals surface area (Å²) in [5.74, 6) is -0.859. The molecular weight excluding hydrogens is 586 g/mol. The fourth-order valence-corrected chi connectivity index (χ4v) is 7.03. The minimum absolute atomic E-state index is 0.0164. The maximum atomic E-state index is 11.8. The zero-order valence-corrected chi connectivity index (χ0v) is 27.8. The normalized spacial score (nSPS) is 19.2. The molecule has 2 heterocycles. The number of aliphatic carboxylic acids is 1. The summed E-state index contributed by atoms with van der Waals surface area (Å²) in [7, 11) is 0. The zero-order valence-electron chi connectivity index (χ0n) is 27.8. The third-order valence-corrected chi connectivity index (χ3v) is 9.52. The molecule has 0 aromatic heterocycles. The second kappa shape index (κ2) is 13.6. The fraction of sp³-hybridized carbons (Fsp3) is 0.300. The van der Waals surface area contributed by atoms with Crippen LogP contribution in [0.15, 0.2) is 102 Å². The molecule has 7 heteroatoms. The molecular formula is C40H42N3O4+. The van der Waals surface area contributed by atoms with Gasteiger partial charge in [-0.3, -0.25) is 9.59 Å². The molecule has 5 rings (SSSR count). The van der Waals surface area contributed by atoms with E-state index < -0.39 is 11.4 Å². The highest BCUT2D eigenvalue weighted by Gasteiger charge is 2.48. The molecule has 3 aromatic rings. The van der Waals surface area contributed by atoms with Crippen molar-refractivity contribution < 1.29 is 24.0 Å². The largest absolute Gasteiger partial charge is 0.481 e. The zero-order chi connectivity index (χ0) is 33.8. The van der Waals surface area contributed by atoms with Gasteiger partial charge in [-0.05, 0) is 74.2 Å². The van der Waals surface area contributed by atoms with Crippen LogP contribution >= 0.6 is 0 Å². The maximum Gasteiger partial charge on any atom is 0.309 e. The lowest BCUT2D eigenvalue weighted by Gasteiger charge is -2.26. The van der Waals surface area contributed by atoms with Gasteiger partial charge in [0, 0.05) is 34.5 Å². The molecule has 0 spiro atoms. The van der Waals surface area contributed by atoms with Gasteiger partial charge in [0.1, 0.15) is 13.0 Å². The molecule has 47 heavy (non-hydrogen) atoms. The smallest absolute Gasteiger partial charge is 0.309 e. The van der Waals surface area contributed by atoms with Crippen molar-refractivity contribution in [3.8, 4) is 6.07 Å². The molecule has 0 aliphatic carbocycles. The van der Waals surface area contributed by atoms with E-state index in [1.54, 1.807) is 0 Å². The SMILES string of the molecule is Cc1ccc2c(c1)C(C)(Cc1ccccc1C)C(/C=C/C(C#N)=C/C=C1/N(CCOC=O)c3ccccc3C1(C)C)=[N+]2CCC(=O)O. The number of hydrogen-bond acceptors (Lipinski definition) is 5. The number of allylic oxidation sites excluding steroid dienone is 6. The number of carbonyl (C=O) groups excluding carboxylic acids is 1. The Balaban J connectivity index is 1.59. The molecule has 240 valence electrons. The molecule has 2 aliphatic rings. The van der Waals surface area contributed by atoms with E-state index in [0.717, 1.165) is 45.9 Å². The van der Waals surface area contributed by atoms with E-state index in [9.17, 15) is 20.0 Å². The maximum absolute atomic E-state index is 11.8. The summed E-state index contributed by atoms with van der Waals surface area (Å²) in [5, 5.41) is 19.9. The number of fused-ring (bicyclic) bond motifs is 2. The number of carboxylic acid groups (broad SMARTS) is 1. The summed E-state index contributed by atoms with van der Waals surface area (Å²) in [5.41, 5.74) is 9.52. The molecule has 2 aliphatic heterocycles. The third kappa shape index (κ3) is 6.55. The Morgan fingerprint density at radius 1 is 1.04 bits per heavy atom. The summed E-state index contributed by atoms with van der Waals surface area (Å²) >= 11 is 0. The second-order valence-corrected chi connectivity index (χ2v) is 13.0. The minimum Gasteiger partial charge on any atom is -0.481 e. The lowest BCUT2D eigenvalue weighted by atomic mass is 9.73. The van der Waals surface area contributed by atoms with Gasteiger partial charge in [-0.25, -0.2) is 0 Å². The van der Waals surface area contributed by atoms with E-state index >= 15 is 0 Å². The molecule has 0 bridgehead atoms. The first kappa shape index (κ1) is 33.2. The van der Waals surface area contributed by atoms with Crippen LogP contribution in [0.2, 0.25) is 0 Å². The van der Waals surface area contributed by atoms with Crippen molar-refractivity contribution in [2.75, 3.05) is 24.6 Å². The molecule has 0 amide bonds. The molecule has 7 nitrogen and oxygen atoms in total. The van der Waals surface area contributed by atoms with Crippen LogP contribution in [0.3, 0.4) is 0 Å². The lowest BCUT2D eigenvalue weighted by Crippen LogP contribution is -2.34. The van der Waals surface area contributed by atoms with Gasteiger partial charge in [-0.2, -0.15) is 9.84 Å². The number of para-hydroxylation sites is 1. The van der Waals surface area contributed by atoms with E-state index in [4.69, 9.17) is 4.74 Å². The van der Waals surface area contributed by atoms with E-state index in [1.807, 2.05) is 42.5 Å².